The van der Waals surface area contributed by atoms with Gasteiger partial charge >= 0.3 is 0 Å². The molecule has 0 saturated heterocycles. The molecule has 2 rings (SSSR count). The normalized spacial score (nSPS) is 11.8. The Balaban J connectivity index is 2.09. The molecule has 2 aromatic rings. The van der Waals surface area contributed by atoms with Crippen LogP contribution < -0.4 is 0 Å². The molecule has 0 aliphatic rings. The Kier molecular flexibility index (Phi) is 4.03. The van der Waals surface area contributed by atoms with Crippen LogP contribution in [0, 0.1) is 0 Å². The van der Waals surface area contributed by atoms with Crippen molar-refractivity contribution in [1.82, 2.24) is 0 Å². The minimum Gasteiger partial charge on any atom is -0.285 e. The highest BCUT2D eigenvalue weighted by molar-refractivity contribution is 7.85. The fourth-order valence-electron chi connectivity index (χ4n) is 1.48. The molecule has 19 heavy (non-hydrogen) atoms. The van der Waals surface area contributed by atoms with Crippen molar-refractivity contribution in [3.05, 3.63) is 60.2 Å². The Morgan fingerprint density at radius 2 is 1.37 bits per heavy atom. The molecule has 98 valence electrons. The predicted molar refractivity (Wildman–Crippen MR) is 72.3 cm³/mol. The summed E-state index contributed by atoms with van der Waals surface area (Å²) in [6, 6.07) is 15.8. The van der Waals surface area contributed by atoms with E-state index in [0.717, 1.165) is 5.69 Å². The first-order chi connectivity index (χ1) is 9.03. The van der Waals surface area contributed by atoms with Crippen LogP contribution in [0.4, 0.5) is 11.4 Å². The van der Waals surface area contributed by atoms with Gasteiger partial charge in [0, 0.05) is 0 Å². The lowest BCUT2D eigenvalue weighted by molar-refractivity contribution is 0.482. The van der Waals surface area contributed by atoms with Crippen LogP contribution >= 0.6 is 0 Å². The number of rotatable bonds is 4. The molecule has 0 bridgehead atoms. The van der Waals surface area contributed by atoms with Crippen LogP contribution in [0.5, 0.6) is 0 Å². The minimum absolute atomic E-state index is 0.400. The van der Waals surface area contributed by atoms with Crippen LogP contribution in [0.1, 0.15) is 5.56 Å². The molecule has 0 heterocycles. The first kappa shape index (κ1) is 13.4. The van der Waals surface area contributed by atoms with E-state index < -0.39 is 15.9 Å². The predicted octanol–water partition coefficient (Wildman–Crippen LogP) is 3.49. The maximum atomic E-state index is 10.7. The Labute approximate surface area is 111 Å². The third-order valence-corrected chi connectivity index (χ3v) is 3.02. The zero-order valence-electron chi connectivity index (χ0n) is 9.97. The zero-order valence-corrected chi connectivity index (χ0v) is 10.8. The van der Waals surface area contributed by atoms with E-state index >= 15 is 0 Å². The van der Waals surface area contributed by atoms with Gasteiger partial charge in [-0.3, -0.25) is 4.55 Å². The smallest absolute Gasteiger partial charge is 0.269 e. The van der Waals surface area contributed by atoms with Crippen molar-refractivity contribution < 1.29 is 13.0 Å². The first-order valence-electron chi connectivity index (χ1n) is 5.54. The summed E-state index contributed by atoms with van der Waals surface area (Å²) >= 11 is 0. The molecule has 0 spiro atoms. The maximum absolute atomic E-state index is 10.7. The Morgan fingerprint density at radius 1 is 0.842 bits per heavy atom. The lowest BCUT2D eigenvalue weighted by Crippen LogP contribution is -2.00. The largest absolute Gasteiger partial charge is 0.285 e. The average molecular weight is 276 g/mol. The number of hydrogen-bond acceptors (Lipinski definition) is 4. The van der Waals surface area contributed by atoms with Gasteiger partial charge in [0.2, 0.25) is 0 Å². The second-order valence-electron chi connectivity index (χ2n) is 3.93. The van der Waals surface area contributed by atoms with Gasteiger partial charge in [0.25, 0.3) is 10.1 Å². The summed E-state index contributed by atoms with van der Waals surface area (Å²) in [5, 5.41) is 8.07. The van der Waals surface area contributed by atoms with Crippen LogP contribution in [-0.4, -0.2) is 13.0 Å². The van der Waals surface area contributed by atoms with Crippen LogP contribution in [0.15, 0.2) is 64.8 Å². The Bertz CT molecular complexity index is 665. The van der Waals surface area contributed by atoms with Crippen LogP contribution in [0.3, 0.4) is 0 Å². The van der Waals surface area contributed by atoms with Gasteiger partial charge in [-0.2, -0.15) is 18.6 Å². The molecule has 0 aliphatic carbocycles. The summed E-state index contributed by atoms with van der Waals surface area (Å²) < 4.78 is 30.1. The van der Waals surface area contributed by atoms with Crippen molar-refractivity contribution in [2.24, 2.45) is 10.2 Å². The molecule has 0 aromatic heterocycles. The van der Waals surface area contributed by atoms with E-state index in [1.165, 1.54) is 0 Å². The molecule has 0 atom stereocenters. The Morgan fingerprint density at radius 3 is 1.89 bits per heavy atom. The molecule has 0 radical (unpaired) electrons. The van der Waals surface area contributed by atoms with Crippen molar-refractivity contribution in [3.63, 3.8) is 0 Å². The summed E-state index contributed by atoms with van der Waals surface area (Å²) in [7, 11) is -4.00. The lowest BCUT2D eigenvalue weighted by atomic mass is 10.2. The molecule has 5 nitrogen and oxygen atoms in total. The van der Waals surface area contributed by atoms with Crippen LogP contribution in [-0.2, 0) is 15.9 Å². The van der Waals surface area contributed by atoms with E-state index in [2.05, 4.69) is 10.2 Å². The molecular formula is C13H12N2O3S. The van der Waals surface area contributed by atoms with Crippen molar-refractivity contribution in [2.45, 2.75) is 5.75 Å². The quantitative estimate of drug-likeness (QED) is 0.685. The van der Waals surface area contributed by atoms with Gasteiger partial charge in [0.15, 0.2) is 0 Å². The number of benzene rings is 2. The van der Waals surface area contributed by atoms with Gasteiger partial charge in [0.05, 0.1) is 11.4 Å². The molecule has 0 unspecified atom stereocenters. The first-order valence-corrected chi connectivity index (χ1v) is 7.15. The van der Waals surface area contributed by atoms with Crippen molar-refractivity contribution in [1.29, 1.82) is 0 Å². The molecule has 0 fully saturated rings. The van der Waals surface area contributed by atoms with E-state index in [4.69, 9.17) is 4.55 Å². The number of azo groups is 1. The zero-order chi connectivity index (χ0) is 13.7. The summed E-state index contributed by atoms with van der Waals surface area (Å²) in [4.78, 5) is 0. The van der Waals surface area contributed by atoms with E-state index in [0.29, 0.717) is 11.3 Å². The molecule has 0 aliphatic heterocycles. The van der Waals surface area contributed by atoms with Crippen molar-refractivity contribution in [3.8, 4) is 0 Å². The molecule has 6 heteroatoms. The highest BCUT2D eigenvalue weighted by Crippen LogP contribution is 2.18. The fraction of sp³-hybridized carbons (Fsp3) is 0.0769. The van der Waals surface area contributed by atoms with E-state index in [1.807, 2.05) is 30.3 Å². The second kappa shape index (κ2) is 5.73. The summed E-state index contributed by atoms with van der Waals surface area (Å²) in [6.45, 7) is 0. The van der Waals surface area contributed by atoms with Gasteiger partial charge in [-0.05, 0) is 29.8 Å². The van der Waals surface area contributed by atoms with E-state index in [1.54, 1.807) is 24.3 Å². The monoisotopic (exact) mass is 276 g/mol. The minimum atomic E-state index is -4.00. The fourth-order valence-corrected chi connectivity index (χ4v) is 2.09. The lowest BCUT2D eigenvalue weighted by Gasteiger charge is -1.98. The highest BCUT2D eigenvalue weighted by Gasteiger charge is 2.05. The molecule has 1 N–H and O–H groups in total. The van der Waals surface area contributed by atoms with E-state index in [-0.39, 0.29) is 0 Å². The standard InChI is InChI=1S/C13H12N2O3S/c16-19(17,18)10-11-6-8-13(9-7-11)15-14-12-4-2-1-3-5-12/h1-9H,10H2,(H,16,17,18). The van der Waals surface area contributed by atoms with Crippen molar-refractivity contribution >= 4 is 21.5 Å². The average Bonchev–Trinajstić information content (AvgIpc) is 2.37. The summed E-state index contributed by atoms with van der Waals surface area (Å²) in [5.41, 5.74) is 1.86. The maximum Gasteiger partial charge on any atom is 0.269 e. The van der Waals surface area contributed by atoms with Crippen molar-refractivity contribution in [2.75, 3.05) is 0 Å². The molecular weight excluding hydrogens is 264 g/mol. The highest BCUT2D eigenvalue weighted by atomic mass is 32.2. The topological polar surface area (TPSA) is 79.1 Å². The van der Waals surface area contributed by atoms with Crippen LogP contribution in [0.25, 0.3) is 0 Å². The van der Waals surface area contributed by atoms with Gasteiger partial charge in [-0.15, -0.1) is 0 Å². The summed E-state index contributed by atoms with van der Waals surface area (Å²) in [5.74, 6) is -0.400. The molecule has 2 aromatic carbocycles. The van der Waals surface area contributed by atoms with Gasteiger partial charge in [-0.1, -0.05) is 30.3 Å². The van der Waals surface area contributed by atoms with Crippen LogP contribution in [0.2, 0.25) is 0 Å². The third-order valence-electron chi connectivity index (χ3n) is 2.32. The van der Waals surface area contributed by atoms with Gasteiger partial charge in [0.1, 0.15) is 5.75 Å². The van der Waals surface area contributed by atoms with Gasteiger partial charge in [-0.25, -0.2) is 0 Å². The summed E-state index contributed by atoms with van der Waals surface area (Å²) in [6.07, 6.45) is 0. The Hall–Kier alpha value is -2.05. The molecule has 0 amide bonds. The van der Waals surface area contributed by atoms with Gasteiger partial charge < -0.3 is 0 Å². The second-order valence-corrected chi connectivity index (χ2v) is 5.38. The molecule has 0 saturated carbocycles. The number of nitrogens with zero attached hydrogens (tertiary/aromatic N) is 2. The third kappa shape index (κ3) is 4.61. The number of hydrogen-bond donors (Lipinski definition) is 1. The van der Waals surface area contributed by atoms with E-state index in [9.17, 15) is 8.42 Å². The SMILES string of the molecule is O=S(=O)(O)Cc1ccc(N=Nc2ccccc2)cc1.